The highest BCUT2D eigenvalue weighted by atomic mass is 35.5. The van der Waals surface area contributed by atoms with E-state index < -0.39 is 0 Å². The van der Waals surface area contributed by atoms with Crippen LogP contribution in [0.3, 0.4) is 0 Å². The number of amides is 1. The molecular weight excluding hydrogens is 370 g/mol. The summed E-state index contributed by atoms with van der Waals surface area (Å²) in [6.07, 6.45) is 0. The molecule has 2 N–H and O–H groups in total. The molecule has 0 unspecified atom stereocenters. The number of nitrogens with one attached hydrogen (secondary N) is 1. The lowest BCUT2D eigenvalue weighted by molar-refractivity contribution is -0.118. The van der Waals surface area contributed by atoms with Crippen molar-refractivity contribution in [3.8, 4) is 22.8 Å². The smallest absolute Gasteiger partial charge is 0.262 e. The molecule has 140 valence electrons. The Morgan fingerprint density at radius 1 is 1.11 bits per heavy atom. The highest BCUT2D eigenvalue weighted by Gasteiger charge is 2.11. The van der Waals surface area contributed by atoms with Crippen LogP contribution in [0.5, 0.6) is 11.5 Å². The van der Waals surface area contributed by atoms with Crippen molar-refractivity contribution in [2.45, 2.75) is 6.61 Å². The van der Waals surface area contributed by atoms with E-state index in [0.29, 0.717) is 33.7 Å². The minimum atomic E-state index is -0.347. The van der Waals surface area contributed by atoms with E-state index in [1.165, 1.54) is 0 Å². The molecule has 0 saturated heterocycles. The number of carbonyl (C=O) groups excluding carboxylic acids is 1. The molecule has 0 spiro atoms. The second kappa shape index (κ2) is 8.62. The Kier molecular flexibility index (Phi) is 6.01. The summed E-state index contributed by atoms with van der Waals surface area (Å²) in [6.45, 7) is -0.345. The van der Waals surface area contributed by atoms with Crippen LogP contribution in [0.4, 0.5) is 5.69 Å². The molecule has 0 aliphatic carbocycles. The number of rotatable bonds is 7. The fourth-order valence-corrected chi connectivity index (χ4v) is 2.56. The van der Waals surface area contributed by atoms with Gasteiger partial charge in [-0.1, -0.05) is 11.6 Å². The zero-order chi connectivity index (χ0) is 19.2. The molecule has 1 amide bonds. The third-order valence-electron chi connectivity index (χ3n) is 3.77. The predicted molar refractivity (Wildman–Crippen MR) is 102 cm³/mol. The SMILES string of the molecule is COc1ccc(OCC(=O)Nc2cc(-c3ccc(CO)o3)ccc2Cl)cc1. The molecule has 0 fully saturated rings. The number of carbonyl (C=O) groups is 1. The van der Waals surface area contributed by atoms with Gasteiger partial charge >= 0.3 is 0 Å². The lowest BCUT2D eigenvalue weighted by atomic mass is 10.1. The van der Waals surface area contributed by atoms with E-state index in [0.717, 1.165) is 5.56 Å². The van der Waals surface area contributed by atoms with Crippen LogP contribution in [0, 0.1) is 0 Å². The standard InChI is InChI=1S/C20H18ClNO5/c1-25-14-3-5-15(6-4-14)26-12-20(24)22-18-10-13(2-8-17(18)21)19-9-7-16(11-23)27-19/h2-10,23H,11-12H2,1H3,(H,22,24). The Hall–Kier alpha value is -2.96. The Morgan fingerprint density at radius 3 is 2.52 bits per heavy atom. The summed E-state index contributed by atoms with van der Waals surface area (Å²) >= 11 is 6.17. The monoisotopic (exact) mass is 387 g/mol. The van der Waals surface area contributed by atoms with Gasteiger partial charge in [0.15, 0.2) is 6.61 Å². The number of halogens is 1. The van der Waals surface area contributed by atoms with Gasteiger partial charge in [-0.2, -0.15) is 0 Å². The number of hydrogen-bond donors (Lipinski definition) is 2. The van der Waals surface area contributed by atoms with Crippen molar-refractivity contribution in [1.82, 2.24) is 0 Å². The fraction of sp³-hybridized carbons (Fsp3) is 0.150. The van der Waals surface area contributed by atoms with Crippen LogP contribution in [0.15, 0.2) is 59.0 Å². The summed E-state index contributed by atoms with van der Waals surface area (Å²) in [5.41, 5.74) is 1.17. The maximum absolute atomic E-state index is 12.2. The number of aliphatic hydroxyl groups is 1. The van der Waals surface area contributed by atoms with E-state index in [2.05, 4.69) is 5.32 Å². The number of aliphatic hydroxyl groups excluding tert-OH is 1. The third-order valence-corrected chi connectivity index (χ3v) is 4.10. The van der Waals surface area contributed by atoms with Gasteiger partial charge in [0.2, 0.25) is 0 Å². The average molecular weight is 388 g/mol. The Balaban J connectivity index is 1.65. The molecule has 7 heteroatoms. The van der Waals surface area contributed by atoms with Gasteiger partial charge in [0.05, 0.1) is 17.8 Å². The molecule has 0 bridgehead atoms. The van der Waals surface area contributed by atoms with E-state index in [1.807, 2.05) is 0 Å². The zero-order valence-corrected chi connectivity index (χ0v) is 15.3. The quantitative estimate of drug-likeness (QED) is 0.637. The van der Waals surface area contributed by atoms with Gasteiger partial charge < -0.3 is 24.3 Å². The van der Waals surface area contributed by atoms with Gasteiger partial charge in [0, 0.05) is 5.56 Å². The average Bonchev–Trinajstić information content (AvgIpc) is 3.18. The minimum absolute atomic E-state index is 0.164. The van der Waals surface area contributed by atoms with Gasteiger partial charge in [-0.15, -0.1) is 0 Å². The summed E-state index contributed by atoms with van der Waals surface area (Å²) in [6, 6.07) is 15.5. The molecule has 1 aromatic heterocycles. The molecular formula is C20H18ClNO5. The lowest BCUT2D eigenvalue weighted by Crippen LogP contribution is -2.20. The number of anilines is 1. The number of benzene rings is 2. The van der Waals surface area contributed by atoms with E-state index in [-0.39, 0.29) is 19.1 Å². The van der Waals surface area contributed by atoms with Crippen LogP contribution in [-0.4, -0.2) is 24.7 Å². The van der Waals surface area contributed by atoms with Crippen molar-refractivity contribution in [2.75, 3.05) is 19.0 Å². The number of ether oxygens (including phenoxy) is 2. The summed E-state index contributed by atoms with van der Waals surface area (Å²) in [5.74, 6) is 1.94. The molecule has 0 aliphatic heterocycles. The van der Waals surface area contributed by atoms with Gasteiger partial charge in [-0.05, 0) is 54.6 Å². The second-order valence-corrected chi connectivity index (χ2v) is 6.04. The predicted octanol–water partition coefficient (Wildman–Crippen LogP) is 4.12. The van der Waals surface area contributed by atoms with Crippen LogP contribution in [-0.2, 0) is 11.4 Å². The van der Waals surface area contributed by atoms with Crippen molar-refractivity contribution in [3.63, 3.8) is 0 Å². The summed E-state index contributed by atoms with van der Waals surface area (Å²) in [5, 5.41) is 12.2. The maximum atomic E-state index is 12.2. The molecule has 1 heterocycles. The van der Waals surface area contributed by atoms with Crippen molar-refractivity contribution < 1.29 is 23.8 Å². The molecule has 0 atom stereocenters. The topological polar surface area (TPSA) is 80.9 Å². The van der Waals surface area contributed by atoms with Crippen molar-refractivity contribution in [3.05, 3.63) is 65.4 Å². The molecule has 0 aliphatic rings. The molecule has 0 saturated carbocycles. The van der Waals surface area contributed by atoms with E-state index in [4.69, 9.17) is 30.6 Å². The molecule has 0 radical (unpaired) electrons. The first kappa shape index (κ1) is 18.8. The van der Waals surface area contributed by atoms with E-state index >= 15 is 0 Å². The highest BCUT2D eigenvalue weighted by molar-refractivity contribution is 6.33. The molecule has 3 rings (SSSR count). The first-order valence-electron chi connectivity index (χ1n) is 8.15. The van der Waals surface area contributed by atoms with Gasteiger partial charge in [0.1, 0.15) is 29.6 Å². The van der Waals surface area contributed by atoms with Crippen LogP contribution in [0.1, 0.15) is 5.76 Å². The number of hydrogen-bond acceptors (Lipinski definition) is 5. The summed E-state index contributed by atoms with van der Waals surface area (Å²) < 4.78 is 16.0. The van der Waals surface area contributed by atoms with Crippen LogP contribution in [0.2, 0.25) is 5.02 Å². The fourth-order valence-electron chi connectivity index (χ4n) is 2.40. The molecule has 6 nitrogen and oxygen atoms in total. The van der Waals surface area contributed by atoms with Crippen molar-refractivity contribution in [1.29, 1.82) is 0 Å². The molecule has 27 heavy (non-hydrogen) atoms. The van der Waals surface area contributed by atoms with E-state index in [1.54, 1.807) is 61.7 Å². The van der Waals surface area contributed by atoms with Gasteiger partial charge in [-0.3, -0.25) is 4.79 Å². The van der Waals surface area contributed by atoms with Crippen LogP contribution < -0.4 is 14.8 Å². The lowest BCUT2D eigenvalue weighted by Gasteiger charge is -2.10. The van der Waals surface area contributed by atoms with Crippen molar-refractivity contribution in [2.24, 2.45) is 0 Å². The number of furan rings is 1. The Morgan fingerprint density at radius 2 is 1.85 bits per heavy atom. The maximum Gasteiger partial charge on any atom is 0.262 e. The first-order chi connectivity index (χ1) is 13.1. The molecule has 3 aromatic rings. The zero-order valence-electron chi connectivity index (χ0n) is 14.6. The summed E-state index contributed by atoms with van der Waals surface area (Å²) in [7, 11) is 1.58. The number of methoxy groups -OCH3 is 1. The highest BCUT2D eigenvalue weighted by Crippen LogP contribution is 2.30. The van der Waals surface area contributed by atoms with E-state index in [9.17, 15) is 4.79 Å². The Bertz CT molecular complexity index is 920. The third kappa shape index (κ3) is 4.81. The van der Waals surface area contributed by atoms with Gasteiger partial charge in [0.25, 0.3) is 5.91 Å². The molecule has 2 aromatic carbocycles. The van der Waals surface area contributed by atoms with Gasteiger partial charge in [-0.25, -0.2) is 0 Å². The second-order valence-electron chi connectivity index (χ2n) is 5.63. The minimum Gasteiger partial charge on any atom is -0.497 e. The normalized spacial score (nSPS) is 10.5. The summed E-state index contributed by atoms with van der Waals surface area (Å²) in [4.78, 5) is 12.2. The van der Waals surface area contributed by atoms with Crippen LogP contribution >= 0.6 is 11.6 Å². The van der Waals surface area contributed by atoms with Crippen LogP contribution in [0.25, 0.3) is 11.3 Å². The first-order valence-corrected chi connectivity index (χ1v) is 8.53. The largest absolute Gasteiger partial charge is 0.497 e. The Labute approximate surface area is 161 Å². The van der Waals surface area contributed by atoms with Crippen molar-refractivity contribution >= 4 is 23.2 Å².